The number of aromatic nitrogens is 3. The molecule has 0 spiro atoms. The number of ether oxygens (including phenoxy) is 1. The number of benzene rings is 1. The van der Waals surface area contributed by atoms with Crippen molar-refractivity contribution in [3.63, 3.8) is 0 Å². The normalized spacial score (nSPS) is 18.9. The lowest BCUT2D eigenvalue weighted by atomic mass is 9.83. The van der Waals surface area contributed by atoms with E-state index in [-0.39, 0.29) is 11.5 Å². The topological polar surface area (TPSA) is 39.9 Å². The zero-order chi connectivity index (χ0) is 21.2. The van der Waals surface area contributed by atoms with E-state index in [4.69, 9.17) is 14.8 Å². The summed E-state index contributed by atoms with van der Waals surface area (Å²) in [6.07, 6.45) is -1.38. The third kappa shape index (κ3) is 4.65. The van der Waals surface area contributed by atoms with Gasteiger partial charge in [0, 0.05) is 30.6 Å². The monoisotopic (exact) mass is 409 g/mol. The summed E-state index contributed by atoms with van der Waals surface area (Å²) in [6, 6.07) is 6.62. The SMILES string of the molecule is CCCC(C)c1nc(-c2cccc(C(C)(C)C(F)(F)F)c2)n(CC2CCOC2)n1. The van der Waals surface area contributed by atoms with Crippen LogP contribution in [0.3, 0.4) is 0 Å². The molecule has 0 bridgehead atoms. The van der Waals surface area contributed by atoms with E-state index in [1.54, 1.807) is 12.1 Å². The lowest BCUT2D eigenvalue weighted by Gasteiger charge is -2.28. The third-order valence-corrected chi connectivity index (χ3v) is 5.86. The van der Waals surface area contributed by atoms with Gasteiger partial charge < -0.3 is 4.74 Å². The predicted molar refractivity (Wildman–Crippen MR) is 107 cm³/mol. The van der Waals surface area contributed by atoms with Gasteiger partial charge in [-0.1, -0.05) is 38.5 Å². The lowest BCUT2D eigenvalue weighted by molar-refractivity contribution is -0.180. The van der Waals surface area contributed by atoms with Crippen LogP contribution in [0.5, 0.6) is 0 Å². The van der Waals surface area contributed by atoms with Gasteiger partial charge in [-0.05, 0) is 38.3 Å². The molecule has 160 valence electrons. The molecule has 0 saturated carbocycles. The van der Waals surface area contributed by atoms with Crippen LogP contribution in [0.4, 0.5) is 13.2 Å². The second-order valence-corrected chi connectivity index (χ2v) is 8.60. The Morgan fingerprint density at radius 3 is 2.66 bits per heavy atom. The summed E-state index contributed by atoms with van der Waals surface area (Å²) >= 11 is 0. The minimum atomic E-state index is -4.33. The van der Waals surface area contributed by atoms with Crippen LogP contribution in [-0.2, 0) is 16.7 Å². The summed E-state index contributed by atoms with van der Waals surface area (Å²) in [7, 11) is 0. The minimum absolute atomic E-state index is 0.203. The van der Waals surface area contributed by atoms with Gasteiger partial charge in [0.1, 0.15) is 0 Å². The molecule has 1 fully saturated rings. The van der Waals surface area contributed by atoms with Crippen LogP contribution in [-0.4, -0.2) is 34.2 Å². The predicted octanol–water partition coefficient (Wildman–Crippen LogP) is 5.73. The van der Waals surface area contributed by atoms with Crippen molar-refractivity contribution in [2.24, 2.45) is 5.92 Å². The Bertz CT molecular complexity index is 823. The van der Waals surface area contributed by atoms with Crippen LogP contribution in [0.25, 0.3) is 11.4 Å². The van der Waals surface area contributed by atoms with Crippen LogP contribution in [0.2, 0.25) is 0 Å². The number of hydrogen-bond donors (Lipinski definition) is 0. The van der Waals surface area contributed by atoms with Gasteiger partial charge in [0.2, 0.25) is 0 Å². The van der Waals surface area contributed by atoms with Gasteiger partial charge in [0.15, 0.2) is 11.6 Å². The van der Waals surface area contributed by atoms with E-state index >= 15 is 0 Å². The molecular weight excluding hydrogens is 379 g/mol. The Kier molecular flexibility index (Phi) is 6.36. The highest BCUT2D eigenvalue weighted by Gasteiger charge is 2.48. The first-order valence-corrected chi connectivity index (χ1v) is 10.3. The Morgan fingerprint density at radius 2 is 2.03 bits per heavy atom. The number of nitrogens with zero attached hydrogens (tertiary/aromatic N) is 3. The Labute approximate surface area is 170 Å². The van der Waals surface area contributed by atoms with Gasteiger partial charge >= 0.3 is 6.18 Å². The summed E-state index contributed by atoms with van der Waals surface area (Å²) in [5, 5.41) is 4.74. The summed E-state index contributed by atoms with van der Waals surface area (Å²) in [4.78, 5) is 4.76. The maximum Gasteiger partial charge on any atom is 0.397 e. The summed E-state index contributed by atoms with van der Waals surface area (Å²) in [5.74, 6) is 1.94. The van der Waals surface area contributed by atoms with Crippen molar-refractivity contribution in [1.82, 2.24) is 14.8 Å². The van der Waals surface area contributed by atoms with Gasteiger partial charge in [-0.2, -0.15) is 18.3 Å². The van der Waals surface area contributed by atoms with E-state index in [0.29, 0.717) is 30.5 Å². The van der Waals surface area contributed by atoms with Crippen molar-refractivity contribution in [1.29, 1.82) is 0 Å². The molecule has 1 aromatic carbocycles. The Hall–Kier alpha value is -1.89. The van der Waals surface area contributed by atoms with Crippen molar-refractivity contribution in [3.05, 3.63) is 35.7 Å². The van der Waals surface area contributed by atoms with Crippen LogP contribution in [0, 0.1) is 5.92 Å². The van der Waals surface area contributed by atoms with Crippen molar-refractivity contribution >= 4 is 0 Å². The summed E-state index contributed by atoms with van der Waals surface area (Å²) < 4.78 is 48.0. The van der Waals surface area contributed by atoms with E-state index in [0.717, 1.165) is 31.7 Å². The Morgan fingerprint density at radius 1 is 1.28 bits per heavy atom. The summed E-state index contributed by atoms with van der Waals surface area (Å²) in [6.45, 7) is 8.71. The van der Waals surface area contributed by atoms with Crippen molar-refractivity contribution < 1.29 is 17.9 Å². The second kappa shape index (κ2) is 8.46. The van der Waals surface area contributed by atoms with E-state index < -0.39 is 11.6 Å². The van der Waals surface area contributed by atoms with Crippen molar-refractivity contribution in [2.45, 2.75) is 71.0 Å². The number of rotatable bonds is 7. The van der Waals surface area contributed by atoms with Crippen LogP contribution >= 0.6 is 0 Å². The minimum Gasteiger partial charge on any atom is -0.381 e. The van der Waals surface area contributed by atoms with Gasteiger partial charge in [-0.3, -0.25) is 0 Å². The fourth-order valence-electron chi connectivity index (χ4n) is 3.65. The van der Waals surface area contributed by atoms with E-state index in [1.165, 1.54) is 19.9 Å². The average molecular weight is 409 g/mol. The van der Waals surface area contributed by atoms with Crippen LogP contribution in [0.15, 0.2) is 24.3 Å². The van der Waals surface area contributed by atoms with E-state index in [1.807, 2.05) is 10.7 Å². The van der Waals surface area contributed by atoms with Gasteiger partial charge in [0.25, 0.3) is 0 Å². The molecule has 2 atom stereocenters. The fourth-order valence-corrected chi connectivity index (χ4v) is 3.65. The highest BCUT2D eigenvalue weighted by atomic mass is 19.4. The maximum atomic E-state index is 13.6. The quantitative estimate of drug-likeness (QED) is 0.587. The molecule has 7 heteroatoms. The molecule has 0 aliphatic carbocycles. The summed E-state index contributed by atoms with van der Waals surface area (Å²) in [5.41, 5.74) is -1.04. The van der Waals surface area contributed by atoms with Crippen LogP contribution < -0.4 is 0 Å². The standard InChI is InChI=1S/C22H30F3N3O/c1-5-7-15(2)19-26-20(28(27-19)13-16-10-11-29-14-16)17-8-6-9-18(12-17)21(3,4)22(23,24)25/h6,8-9,12,15-16H,5,7,10-11,13-14H2,1-4H3. The number of hydrogen-bond acceptors (Lipinski definition) is 3. The fraction of sp³-hybridized carbons (Fsp3) is 0.636. The molecular formula is C22H30F3N3O. The first kappa shape index (κ1) is 21.8. The average Bonchev–Trinajstić information content (AvgIpc) is 3.31. The highest BCUT2D eigenvalue weighted by Crippen LogP contribution is 2.41. The van der Waals surface area contributed by atoms with Crippen molar-refractivity contribution in [2.75, 3.05) is 13.2 Å². The number of alkyl halides is 3. The molecule has 2 aromatic rings. The van der Waals surface area contributed by atoms with Crippen LogP contribution in [0.1, 0.15) is 64.3 Å². The molecule has 29 heavy (non-hydrogen) atoms. The van der Waals surface area contributed by atoms with E-state index in [2.05, 4.69) is 13.8 Å². The number of halogens is 3. The molecule has 3 rings (SSSR count). The Balaban J connectivity index is 2.01. The first-order valence-electron chi connectivity index (χ1n) is 10.3. The zero-order valence-corrected chi connectivity index (χ0v) is 17.6. The van der Waals surface area contributed by atoms with Crippen molar-refractivity contribution in [3.8, 4) is 11.4 Å². The molecule has 4 nitrogen and oxygen atoms in total. The maximum absolute atomic E-state index is 13.6. The molecule has 1 saturated heterocycles. The van der Waals surface area contributed by atoms with E-state index in [9.17, 15) is 13.2 Å². The smallest absolute Gasteiger partial charge is 0.381 e. The van der Waals surface area contributed by atoms with Gasteiger partial charge in [0.05, 0.1) is 12.0 Å². The first-order chi connectivity index (χ1) is 13.6. The molecule has 2 heterocycles. The van der Waals surface area contributed by atoms with Gasteiger partial charge in [-0.15, -0.1) is 0 Å². The molecule has 0 radical (unpaired) electrons. The largest absolute Gasteiger partial charge is 0.397 e. The molecule has 2 unspecified atom stereocenters. The molecule has 1 aliphatic rings. The third-order valence-electron chi connectivity index (χ3n) is 5.86. The zero-order valence-electron chi connectivity index (χ0n) is 17.6. The molecule has 1 aromatic heterocycles. The molecule has 0 N–H and O–H groups in total. The molecule has 1 aliphatic heterocycles. The highest BCUT2D eigenvalue weighted by molar-refractivity contribution is 5.57. The lowest BCUT2D eigenvalue weighted by Crippen LogP contribution is -2.36. The van der Waals surface area contributed by atoms with Gasteiger partial charge in [-0.25, -0.2) is 9.67 Å². The molecule has 0 amide bonds. The second-order valence-electron chi connectivity index (χ2n) is 8.60.